The maximum atomic E-state index is 10.7. The molecule has 0 aliphatic heterocycles. The van der Waals surface area contributed by atoms with Crippen LogP contribution in [0.2, 0.25) is 0 Å². The van der Waals surface area contributed by atoms with Crippen molar-refractivity contribution < 1.29 is 9.53 Å². The molecule has 56 valence electrons. The van der Waals surface area contributed by atoms with Crippen molar-refractivity contribution in [1.82, 2.24) is 0 Å². The van der Waals surface area contributed by atoms with E-state index in [1.807, 2.05) is 0 Å². The molecule has 0 aromatic rings. The molecule has 0 fully saturated rings. The molecule has 2 N–H and O–H groups in total. The van der Waals surface area contributed by atoms with Crippen molar-refractivity contribution in [2.45, 2.75) is 6.42 Å². The summed E-state index contributed by atoms with van der Waals surface area (Å²) in [5.41, 5.74) is 5.55. The summed E-state index contributed by atoms with van der Waals surface area (Å²) in [6, 6.07) is 0. The quantitative estimate of drug-likeness (QED) is 0.354. The molecular formula is C7H11NO2. The summed E-state index contributed by atoms with van der Waals surface area (Å²) in [7, 11) is 0. The van der Waals surface area contributed by atoms with Crippen LogP contribution in [0.25, 0.3) is 0 Å². The van der Waals surface area contributed by atoms with Gasteiger partial charge in [0.1, 0.15) is 0 Å². The van der Waals surface area contributed by atoms with Gasteiger partial charge in [0.05, 0.1) is 6.26 Å². The van der Waals surface area contributed by atoms with E-state index in [9.17, 15) is 4.79 Å². The molecule has 0 rings (SSSR count). The fourth-order valence-corrected chi connectivity index (χ4v) is 0.435. The topological polar surface area (TPSA) is 52.3 Å². The molecule has 0 radical (unpaired) electrons. The lowest BCUT2D eigenvalue weighted by molar-refractivity contribution is -0.133. The van der Waals surface area contributed by atoms with Crippen molar-refractivity contribution in [3.05, 3.63) is 25.0 Å². The van der Waals surface area contributed by atoms with Crippen molar-refractivity contribution in [3.63, 3.8) is 0 Å². The molecule has 0 aromatic carbocycles. The normalized spacial score (nSPS) is 8.50. The van der Waals surface area contributed by atoms with Crippen molar-refractivity contribution in [2.24, 2.45) is 5.73 Å². The third-order valence-electron chi connectivity index (χ3n) is 0.925. The molecule has 0 heterocycles. The summed E-state index contributed by atoms with van der Waals surface area (Å²) >= 11 is 0. The highest BCUT2D eigenvalue weighted by Crippen LogP contribution is 1.98. The lowest BCUT2D eigenvalue weighted by Crippen LogP contribution is -2.08. The highest BCUT2D eigenvalue weighted by atomic mass is 16.5. The van der Waals surface area contributed by atoms with E-state index in [1.54, 1.807) is 0 Å². The molecule has 0 saturated heterocycles. The Bertz CT molecular complexity index is 152. The molecule has 3 heteroatoms. The number of esters is 1. The van der Waals surface area contributed by atoms with E-state index in [0.29, 0.717) is 18.5 Å². The zero-order valence-corrected chi connectivity index (χ0v) is 5.80. The van der Waals surface area contributed by atoms with Gasteiger partial charge in [-0.3, -0.25) is 0 Å². The Morgan fingerprint density at radius 1 is 1.70 bits per heavy atom. The van der Waals surface area contributed by atoms with Crippen LogP contribution in [0.1, 0.15) is 6.42 Å². The van der Waals surface area contributed by atoms with Crippen LogP contribution in [-0.2, 0) is 9.53 Å². The highest BCUT2D eigenvalue weighted by molar-refractivity contribution is 5.88. The summed E-state index contributed by atoms with van der Waals surface area (Å²) in [5.74, 6) is -0.458. The van der Waals surface area contributed by atoms with Gasteiger partial charge in [0, 0.05) is 5.57 Å². The van der Waals surface area contributed by atoms with E-state index >= 15 is 0 Å². The molecule has 0 amide bonds. The fourth-order valence-electron chi connectivity index (χ4n) is 0.435. The Labute approximate surface area is 60.2 Å². The fraction of sp³-hybridized carbons (Fsp3) is 0.286. The maximum absolute atomic E-state index is 10.7. The van der Waals surface area contributed by atoms with Gasteiger partial charge in [-0.2, -0.15) is 0 Å². The second kappa shape index (κ2) is 4.76. The predicted octanol–water partition coefficient (Wildman–Crippen LogP) is 0.578. The Kier molecular flexibility index (Phi) is 4.24. The van der Waals surface area contributed by atoms with Gasteiger partial charge < -0.3 is 10.5 Å². The minimum Gasteiger partial charge on any atom is -0.432 e. The molecular weight excluding hydrogens is 130 g/mol. The summed E-state index contributed by atoms with van der Waals surface area (Å²) in [4.78, 5) is 10.7. The molecule has 0 aliphatic carbocycles. The predicted molar refractivity (Wildman–Crippen MR) is 39.1 cm³/mol. The molecule has 3 nitrogen and oxygen atoms in total. The average molecular weight is 141 g/mol. The minimum absolute atomic E-state index is 0.377. The Morgan fingerprint density at radius 2 is 2.30 bits per heavy atom. The first-order valence-electron chi connectivity index (χ1n) is 2.92. The molecule has 10 heavy (non-hydrogen) atoms. The summed E-state index contributed by atoms with van der Waals surface area (Å²) < 4.78 is 4.43. The van der Waals surface area contributed by atoms with Crippen molar-refractivity contribution in [1.29, 1.82) is 0 Å². The van der Waals surface area contributed by atoms with E-state index in [2.05, 4.69) is 17.9 Å². The van der Waals surface area contributed by atoms with Gasteiger partial charge in [-0.05, 0) is 13.0 Å². The monoisotopic (exact) mass is 141 g/mol. The van der Waals surface area contributed by atoms with Crippen LogP contribution in [0, 0.1) is 0 Å². The minimum atomic E-state index is -0.458. The van der Waals surface area contributed by atoms with Gasteiger partial charge in [0.2, 0.25) is 0 Å². The zero-order valence-electron chi connectivity index (χ0n) is 5.80. The molecule has 0 atom stereocenters. The third-order valence-corrected chi connectivity index (χ3v) is 0.925. The average Bonchev–Trinajstić information content (AvgIpc) is 1.89. The Morgan fingerprint density at radius 3 is 2.70 bits per heavy atom. The Balaban J connectivity index is 3.70. The first-order valence-corrected chi connectivity index (χ1v) is 2.92. The summed E-state index contributed by atoms with van der Waals surface area (Å²) in [6.07, 6.45) is 1.54. The summed E-state index contributed by atoms with van der Waals surface area (Å²) in [6.45, 7) is 7.10. The maximum Gasteiger partial charge on any atom is 0.338 e. The molecule has 0 aliphatic rings. The van der Waals surface area contributed by atoms with Gasteiger partial charge in [0.25, 0.3) is 0 Å². The second-order valence-electron chi connectivity index (χ2n) is 1.71. The van der Waals surface area contributed by atoms with Crippen LogP contribution >= 0.6 is 0 Å². The van der Waals surface area contributed by atoms with Gasteiger partial charge in [-0.15, -0.1) is 0 Å². The Hall–Kier alpha value is -1.09. The van der Waals surface area contributed by atoms with E-state index in [0.717, 1.165) is 6.26 Å². The van der Waals surface area contributed by atoms with Crippen LogP contribution in [0.5, 0.6) is 0 Å². The number of nitrogens with two attached hydrogens (primary N) is 1. The SMILES string of the molecule is C=COC(=O)C(=C)CCN. The number of hydrogen-bond acceptors (Lipinski definition) is 3. The highest BCUT2D eigenvalue weighted by Gasteiger charge is 2.04. The number of rotatable bonds is 4. The third kappa shape index (κ3) is 3.04. The van der Waals surface area contributed by atoms with E-state index in [4.69, 9.17) is 5.73 Å². The largest absolute Gasteiger partial charge is 0.432 e. The van der Waals surface area contributed by atoms with Crippen LogP contribution in [0.4, 0.5) is 0 Å². The zero-order chi connectivity index (χ0) is 7.98. The molecule has 0 saturated carbocycles. The number of ether oxygens (including phenoxy) is 1. The lowest BCUT2D eigenvalue weighted by Gasteiger charge is -1.99. The standard InChI is InChI=1S/C7H11NO2/c1-3-10-7(9)6(2)4-5-8/h3H,1-2,4-5,8H2. The van der Waals surface area contributed by atoms with Crippen LogP contribution in [0.3, 0.4) is 0 Å². The number of carbonyl (C=O) groups is 1. The van der Waals surface area contributed by atoms with E-state index in [1.165, 1.54) is 0 Å². The smallest absolute Gasteiger partial charge is 0.338 e. The van der Waals surface area contributed by atoms with Crippen LogP contribution in [-0.4, -0.2) is 12.5 Å². The van der Waals surface area contributed by atoms with Crippen LogP contribution < -0.4 is 5.73 Å². The van der Waals surface area contributed by atoms with Gasteiger partial charge in [-0.25, -0.2) is 4.79 Å². The summed E-state index contributed by atoms with van der Waals surface area (Å²) in [5, 5.41) is 0. The van der Waals surface area contributed by atoms with E-state index in [-0.39, 0.29) is 0 Å². The van der Waals surface area contributed by atoms with Gasteiger partial charge >= 0.3 is 5.97 Å². The van der Waals surface area contributed by atoms with Crippen LogP contribution in [0.15, 0.2) is 25.0 Å². The van der Waals surface area contributed by atoms with Crippen molar-refractivity contribution in [2.75, 3.05) is 6.54 Å². The van der Waals surface area contributed by atoms with Gasteiger partial charge in [-0.1, -0.05) is 13.2 Å². The van der Waals surface area contributed by atoms with Gasteiger partial charge in [0.15, 0.2) is 0 Å². The first kappa shape index (κ1) is 8.91. The second-order valence-corrected chi connectivity index (χ2v) is 1.71. The molecule has 0 aromatic heterocycles. The van der Waals surface area contributed by atoms with Crippen molar-refractivity contribution in [3.8, 4) is 0 Å². The van der Waals surface area contributed by atoms with E-state index < -0.39 is 5.97 Å². The lowest BCUT2D eigenvalue weighted by atomic mass is 10.2. The molecule has 0 bridgehead atoms. The first-order chi connectivity index (χ1) is 4.72. The molecule has 0 unspecified atom stereocenters. The number of hydrogen-bond donors (Lipinski definition) is 1. The molecule has 0 spiro atoms. The number of carbonyl (C=O) groups excluding carboxylic acids is 1. The van der Waals surface area contributed by atoms with Crippen molar-refractivity contribution >= 4 is 5.97 Å².